The molecule has 1 saturated heterocycles. The summed E-state index contributed by atoms with van der Waals surface area (Å²) in [7, 11) is 0. The van der Waals surface area contributed by atoms with Crippen LogP contribution in [0.15, 0.2) is 0 Å². The van der Waals surface area contributed by atoms with Crippen molar-refractivity contribution in [3.63, 3.8) is 0 Å². The van der Waals surface area contributed by atoms with Gasteiger partial charge in [0.1, 0.15) is 0 Å². The van der Waals surface area contributed by atoms with Crippen molar-refractivity contribution in [2.45, 2.75) is 45.1 Å². The van der Waals surface area contributed by atoms with E-state index in [4.69, 9.17) is 5.11 Å². The molecule has 0 spiro atoms. The molecular weight excluding hydrogens is 214 g/mol. The fourth-order valence-corrected chi connectivity index (χ4v) is 4.49. The highest BCUT2D eigenvalue weighted by Gasteiger charge is 2.42. The van der Waals surface area contributed by atoms with Gasteiger partial charge in [-0.1, -0.05) is 6.42 Å². The highest BCUT2D eigenvalue weighted by molar-refractivity contribution is 5.71. The molecule has 3 nitrogen and oxygen atoms in total. The first-order valence-corrected chi connectivity index (χ1v) is 7.12. The smallest absolute Gasteiger partial charge is 0.308 e. The van der Waals surface area contributed by atoms with Gasteiger partial charge in [0, 0.05) is 12.6 Å². The van der Waals surface area contributed by atoms with Gasteiger partial charge in [-0.15, -0.1) is 0 Å². The Kier molecular flexibility index (Phi) is 2.89. The number of nitrogens with zero attached hydrogens (tertiary/aromatic N) is 1. The van der Waals surface area contributed by atoms with E-state index in [1.807, 2.05) is 0 Å². The molecule has 3 fully saturated rings. The molecule has 2 aliphatic carbocycles. The fraction of sp³-hybridized carbons (Fsp3) is 0.929. The van der Waals surface area contributed by atoms with Gasteiger partial charge in [0.05, 0.1) is 5.92 Å². The van der Waals surface area contributed by atoms with Gasteiger partial charge >= 0.3 is 5.97 Å². The molecule has 2 saturated carbocycles. The Morgan fingerprint density at radius 3 is 2.65 bits per heavy atom. The molecule has 0 aromatic heterocycles. The maximum Gasteiger partial charge on any atom is 0.308 e. The van der Waals surface area contributed by atoms with Crippen molar-refractivity contribution >= 4 is 5.97 Å². The molecule has 1 N–H and O–H groups in total. The summed E-state index contributed by atoms with van der Waals surface area (Å²) in [4.78, 5) is 13.5. The van der Waals surface area contributed by atoms with Crippen LogP contribution < -0.4 is 0 Å². The molecule has 96 valence electrons. The van der Waals surface area contributed by atoms with Gasteiger partial charge in [0.2, 0.25) is 0 Å². The number of carbonyl (C=O) groups is 1. The van der Waals surface area contributed by atoms with Crippen molar-refractivity contribution in [3.05, 3.63) is 0 Å². The number of carboxylic acids is 1. The van der Waals surface area contributed by atoms with Crippen LogP contribution in [0.1, 0.15) is 39.0 Å². The molecule has 0 amide bonds. The van der Waals surface area contributed by atoms with E-state index in [1.165, 1.54) is 25.7 Å². The number of aliphatic carboxylic acids is 1. The van der Waals surface area contributed by atoms with E-state index in [0.29, 0.717) is 0 Å². The van der Waals surface area contributed by atoms with Crippen LogP contribution in [0.5, 0.6) is 0 Å². The average molecular weight is 237 g/mol. The number of rotatable bonds is 3. The summed E-state index contributed by atoms with van der Waals surface area (Å²) in [6.45, 7) is 4.25. The van der Waals surface area contributed by atoms with Crippen molar-refractivity contribution in [1.29, 1.82) is 0 Å². The Labute approximate surface area is 103 Å². The van der Waals surface area contributed by atoms with Crippen LogP contribution in [-0.2, 0) is 4.79 Å². The van der Waals surface area contributed by atoms with Gasteiger partial charge in [-0.05, 0) is 56.9 Å². The zero-order chi connectivity index (χ0) is 12.0. The second-order valence-electron chi connectivity index (χ2n) is 6.40. The maximum absolute atomic E-state index is 11.1. The topological polar surface area (TPSA) is 40.5 Å². The molecule has 3 rings (SSSR count). The zero-order valence-corrected chi connectivity index (χ0v) is 10.6. The van der Waals surface area contributed by atoms with Gasteiger partial charge in [-0.2, -0.15) is 0 Å². The lowest BCUT2D eigenvalue weighted by Gasteiger charge is -2.30. The summed E-state index contributed by atoms with van der Waals surface area (Å²) < 4.78 is 0. The normalized spacial score (nSPS) is 45.6. The van der Waals surface area contributed by atoms with Crippen LogP contribution >= 0.6 is 0 Å². The van der Waals surface area contributed by atoms with E-state index in [1.54, 1.807) is 0 Å². The Morgan fingerprint density at radius 2 is 2.12 bits per heavy atom. The largest absolute Gasteiger partial charge is 0.481 e. The van der Waals surface area contributed by atoms with Gasteiger partial charge in [0.25, 0.3) is 0 Å². The first-order valence-electron chi connectivity index (χ1n) is 7.12. The summed E-state index contributed by atoms with van der Waals surface area (Å²) in [5, 5.41) is 9.14. The van der Waals surface area contributed by atoms with Gasteiger partial charge in [-0.25, -0.2) is 0 Å². The van der Waals surface area contributed by atoms with Gasteiger partial charge in [-0.3, -0.25) is 9.69 Å². The lowest BCUT2D eigenvalue weighted by molar-refractivity contribution is -0.142. The van der Waals surface area contributed by atoms with Crippen molar-refractivity contribution in [3.8, 4) is 0 Å². The molecule has 17 heavy (non-hydrogen) atoms. The lowest BCUT2D eigenvalue weighted by atomic mass is 9.88. The molecule has 3 aliphatic rings. The Bertz CT molecular complexity index is 317. The van der Waals surface area contributed by atoms with E-state index in [-0.39, 0.29) is 12.0 Å². The van der Waals surface area contributed by atoms with Crippen LogP contribution in [0.2, 0.25) is 0 Å². The Hall–Kier alpha value is -0.570. The number of hydrogen-bond acceptors (Lipinski definition) is 2. The van der Waals surface area contributed by atoms with Crippen LogP contribution in [0, 0.1) is 23.7 Å². The number of carboxylic acid groups (broad SMARTS) is 1. The Balaban J connectivity index is 1.58. The predicted molar refractivity (Wildman–Crippen MR) is 65.7 cm³/mol. The summed E-state index contributed by atoms with van der Waals surface area (Å²) >= 11 is 0. The summed E-state index contributed by atoms with van der Waals surface area (Å²) in [6, 6.07) is 0.242. The molecule has 3 heteroatoms. The van der Waals surface area contributed by atoms with Crippen molar-refractivity contribution < 1.29 is 9.90 Å². The SMILES string of the molecule is CC1C(C(=O)O)CCN1CC1CC2CCC1C2. The first kappa shape index (κ1) is 11.5. The van der Waals surface area contributed by atoms with Crippen molar-refractivity contribution in [2.24, 2.45) is 23.7 Å². The third kappa shape index (κ3) is 1.99. The molecule has 5 unspecified atom stereocenters. The van der Waals surface area contributed by atoms with E-state index in [2.05, 4.69) is 11.8 Å². The third-order valence-electron chi connectivity index (χ3n) is 5.56. The van der Waals surface area contributed by atoms with E-state index in [9.17, 15) is 4.79 Å². The van der Waals surface area contributed by atoms with E-state index >= 15 is 0 Å². The molecular formula is C14H23NO2. The maximum atomic E-state index is 11.1. The highest BCUT2D eigenvalue weighted by atomic mass is 16.4. The molecule has 0 aromatic carbocycles. The molecule has 0 aromatic rings. The second-order valence-corrected chi connectivity index (χ2v) is 6.40. The minimum Gasteiger partial charge on any atom is -0.481 e. The molecule has 0 radical (unpaired) electrons. The molecule has 5 atom stereocenters. The van der Waals surface area contributed by atoms with Crippen LogP contribution in [0.3, 0.4) is 0 Å². The summed E-state index contributed by atoms with van der Waals surface area (Å²) in [5.74, 6) is 2.08. The van der Waals surface area contributed by atoms with Crippen molar-refractivity contribution in [2.75, 3.05) is 13.1 Å². The standard InChI is InChI=1S/C14H23NO2/c1-9-13(14(16)17)4-5-15(9)8-12-7-10-2-3-11(12)6-10/h9-13H,2-8H2,1H3,(H,16,17). The summed E-state index contributed by atoms with van der Waals surface area (Å²) in [5.41, 5.74) is 0. The molecule has 1 aliphatic heterocycles. The molecule has 1 heterocycles. The number of likely N-dealkylation sites (tertiary alicyclic amines) is 1. The number of fused-ring (bicyclic) bond motifs is 2. The Morgan fingerprint density at radius 1 is 1.29 bits per heavy atom. The van der Waals surface area contributed by atoms with Crippen LogP contribution in [0.4, 0.5) is 0 Å². The predicted octanol–water partition coefficient (Wildman–Crippen LogP) is 2.22. The van der Waals surface area contributed by atoms with Gasteiger partial charge in [0.15, 0.2) is 0 Å². The van der Waals surface area contributed by atoms with E-state index < -0.39 is 5.97 Å². The zero-order valence-electron chi connectivity index (χ0n) is 10.6. The monoisotopic (exact) mass is 237 g/mol. The van der Waals surface area contributed by atoms with Crippen LogP contribution in [0.25, 0.3) is 0 Å². The number of hydrogen-bond donors (Lipinski definition) is 1. The lowest BCUT2D eigenvalue weighted by Crippen LogP contribution is -2.37. The highest BCUT2D eigenvalue weighted by Crippen LogP contribution is 2.48. The minimum absolute atomic E-state index is 0.131. The quantitative estimate of drug-likeness (QED) is 0.818. The third-order valence-corrected chi connectivity index (χ3v) is 5.56. The van der Waals surface area contributed by atoms with Gasteiger partial charge < -0.3 is 5.11 Å². The molecule has 2 bridgehead atoms. The second kappa shape index (κ2) is 4.27. The van der Waals surface area contributed by atoms with E-state index in [0.717, 1.165) is 37.3 Å². The van der Waals surface area contributed by atoms with Crippen LogP contribution in [-0.4, -0.2) is 35.1 Å². The van der Waals surface area contributed by atoms with Crippen molar-refractivity contribution in [1.82, 2.24) is 4.90 Å². The first-order chi connectivity index (χ1) is 8.15. The summed E-state index contributed by atoms with van der Waals surface area (Å²) in [6.07, 6.45) is 6.59. The average Bonchev–Trinajstić information content (AvgIpc) is 2.95. The fourth-order valence-electron chi connectivity index (χ4n) is 4.49. The minimum atomic E-state index is -0.604.